The van der Waals surface area contributed by atoms with Gasteiger partial charge in [-0.1, -0.05) is 44.0 Å². The highest BCUT2D eigenvalue weighted by Crippen LogP contribution is 2.34. The van der Waals surface area contributed by atoms with Gasteiger partial charge in [0.05, 0.1) is 7.11 Å². The summed E-state index contributed by atoms with van der Waals surface area (Å²) in [7, 11) is 1.46. The Morgan fingerprint density at radius 1 is 0.625 bits per heavy atom. The van der Waals surface area contributed by atoms with Gasteiger partial charge in [0, 0.05) is 24.6 Å². The predicted octanol–water partition coefficient (Wildman–Crippen LogP) is 5.17. The van der Waals surface area contributed by atoms with Crippen molar-refractivity contribution in [1.82, 2.24) is 0 Å². The van der Waals surface area contributed by atoms with Crippen LogP contribution in [0.5, 0.6) is 28.7 Å². The Bertz CT molecular complexity index is 1450. The largest absolute Gasteiger partial charge is 0.493 e. The molecule has 0 saturated carbocycles. The van der Waals surface area contributed by atoms with Crippen molar-refractivity contribution in [2.24, 2.45) is 0 Å². The molecule has 0 aliphatic rings. The molecule has 0 fully saturated rings. The van der Waals surface area contributed by atoms with E-state index in [4.69, 9.17) is 23.7 Å². The van der Waals surface area contributed by atoms with Crippen LogP contribution in [-0.4, -0.2) is 31.0 Å². The van der Waals surface area contributed by atoms with Crippen LogP contribution in [0.2, 0.25) is 0 Å². The van der Waals surface area contributed by atoms with E-state index in [1.165, 1.54) is 19.2 Å². The number of carbonyl (C=O) groups excluding carboxylic acids is 4. The van der Waals surface area contributed by atoms with Crippen LogP contribution in [0.25, 0.3) is 11.1 Å². The maximum Gasteiger partial charge on any atom is 0.335 e. The molecule has 3 aromatic carbocycles. The molecule has 0 heterocycles. The highest BCUT2D eigenvalue weighted by atomic mass is 16.6. The highest BCUT2D eigenvalue weighted by Gasteiger charge is 2.15. The van der Waals surface area contributed by atoms with E-state index in [9.17, 15) is 19.2 Å². The summed E-state index contributed by atoms with van der Waals surface area (Å²) in [4.78, 5) is 47.3. The molecule has 0 atom stereocenters. The fourth-order valence-corrected chi connectivity index (χ4v) is 3.40. The minimum absolute atomic E-state index is 0.00354. The van der Waals surface area contributed by atoms with E-state index in [1.54, 1.807) is 48.5 Å². The van der Waals surface area contributed by atoms with E-state index in [0.29, 0.717) is 17.1 Å². The zero-order chi connectivity index (χ0) is 29.1. The lowest BCUT2D eigenvalue weighted by Gasteiger charge is -2.12. The monoisotopic (exact) mass is 542 g/mol. The van der Waals surface area contributed by atoms with Gasteiger partial charge in [-0.25, -0.2) is 14.4 Å². The van der Waals surface area contributed by atoms with Crippen molar-refractivity contribution in [3.05, 3.63) is 104 Å². The second-order valence-electron chi connectivity index (χ2n) is 8.02. The Morgan fingerprint density at radius 2 is 1.18 bits per heavy atom. The number of rotatable bonds is 12. The second kappa shape index (κ2) is 13.9. The topological polar surface area (TPSA) is 114 Å². The van der Waals surface area contributed by atoms with Gasteiger partial charge in [-0.3, -0.25) is 4.79 Å². The second-order valence-corrected chi connectivity index (χ2v) is 8.02. The molecule has 0 aliphatic carbocycles. The molecule has 9 nitrogen and oxygen atoms in total. The van der Waals surface area contributed by atoms with Gasteiger partial charge in [-0.2, -0.15) is 0 Å². The van der Waals surface area contributed by atoms with Crippen LogP contribution in [0.15, 0.2) is 98.6 Å². The summed E-state index contributed by atoms with van der Waals surface area (Å²) < 4.78 is 26.3. The Labute approximate surface area is 230 Å². The van der Waals surface area contributed by atoms with E-state index in [-0.39, 0.29) is 30.1 Å². The first-order valence-electron chi connectivity index (χ1n) is 11.9. The molecule has 0 aliphatic heterocycles. The lowest BCUT2D eigenvalue weighted by molar-refractivity contribution is -0.134. The number of carbonyl (C=O) groups is 4. The Kier molecular flexibility index (Phi) is 10.1. The fraction of sp³-hybridized carbons (Fsp3) is 0.0968. The van der Waals surface area contributed by atoms with E-state index in [1.807, 2.05) is 0 Å². The number of methoxy groups -OCH3 is 1. The number of hydrogen-bond donors (Lipinski definition) is 0. The lowest BCUT2D eigenvalue weighted by atomic mass is 10.0. The number of esters is 4. The SMILES string of the molecule is C=CC(=O)Oc1ccc(-c2ccc(OC(=O)CCc3ccc(OC(=O)C=C)c(OC(=O)C=C)c3)c(OC)c2)cc1. The third kappa shape index (κ3) is 8.03. The molecular weight excluding hydrogens is 516 g/mol. The third-order valence-electron chi connectivity index (χ3n) is 5.34. The van der Waals surface area contributed by atoms with Gasteiger partial charge < -0.3 is 23.7 Å². The molecule has 3 aromatic rings. The molecule has 0 amide bonds. The summed E-state index contributed by atoms with van der Waals surface area (Å²) in [6, 6.07) is 16.5. The van der Waals surface area contributed by atoms with Crippen LogP contribution in [0.3, 0.4) is 0 Å². The molecule has 40 heavy (non-hydrogen) atoms. The van der Waals surface area contributed by atoms with Crippen LogP contribution in [0, 0.1) is 0 Å². The third-order valence-corrected chi connectivity index (χ3v) is 5.34. The Hall–Kier alpha value is -5.44. The van der Waals surface area contributed by atoms with Gasteiger partial charge in [0.1, 0.15) is 5.75 Å². The molecular formula is C31H26O9. The molecule has 0 spiro atoms. The van der Waals surface area contributed by atoms with E-state index in [2.05, 4.69) is 19.7 Å². The molecule has 0 radical (unpaired) electrons. The summed E-state index contributed by atoms with van der Waals surface area (Å²) in [5, 5.41) is 0. The molecule has 0 aromatic heterocycles. The van der Waals surface area contributed by atoms with Crippen molar-refractivity contribution in [3.8, 4) is 39.9 Å². The van der Waals surface area contributed by atoms with Gasteiger partial charge in [-0.05, 0) is 59.5 Å². The zero-order valence-electron chi connectivity index (χ0n) is 21.7. The zero-order valence-corrected chi connectivity index (χ0v) is 21.7. The molecule has 204 valence electrons. The van der Waals surface area contributed by atoms with Crippen LogP contribution in [0.4, 0.5) is 0 Å². The maximum atomic E-state index is 12.6. The first kappa shape index (κ1) is 29.1. The molecule has 0 unspecified atom stereocenters. The summed E-state index contributed by atoms with van der Waals surface area (Å²) in [6.07, 6.45) is 3.27. The van der Waals surface area contributed by atoms with Gasteiger partial charge in [0.15, 0.2) is 23.0 Å². The van der Waals surface area contributed by atoms with Crippen LogP contribution >= 0.6 is 0 Å². The van der Waals surface area contributed by atoms with E-state index in [0.717, 1.165) is 29.4 Å². The Morgan fingerprint density at radius 3 is 1.80 bits per heavy atom. The number of ether oxygens (including phenoxy) is 5. The predicted molar refractivity (Wildman–Crippen MR) is 146 cm³/mol. The smallest absolute Gasteiger partial charge is 0.335 e. The molecule has 0 bridgehead atoms. The average molecular weight is 543 g/mol. The first-order chi connectivity index (χ1) is 19.3. The first-order valence-corrected chi connectivity index (χ1v) is 11.9. The normalized spacial score (nSPS) is 10.0. The number of aryl methyl sites for hydroxylation is 1. The molecule has 9 heteroatoms. The summed E-state index contributed by atoms with van der Waals surface area (Å²) in [5.41, 5.74) is 2.24. The van der Waals surface area contributed by atoms with Crippen molar-refractivity contribution in [1.29, 1.82) is 0 Å². The van der Waals surface area contributed by atoms with E-state index >= 15 is 0 Å². The van der Waals surface area contributed by atoms with Crippen molar-refractivity contribution in [2.45, 2.75) is 12.8 Å². The summed E-state index contributed by atoms with van der Waals surface area (Å²) >= 11 is 0. The van der Waals surface area contributed by atoms with Gasteiger partial charge in [-0.15, -0.1) is 0 Å². The number of hydrogen-bond acceptors (Lipinski definition) is 9. The molecule has 0 N–H and O–H groups in total. The molecule has 3 rings (SSSR count). The van der Waals surface area contributed by atoms with Crippen LogP contribution < -0.4 is 23.7 Å². The molecule has 0 saturated heterocycles. The van der Waals surface area contributed by atoms with Crippen molar-refractivity contribution >= 4 is 23.9 Å². The van der Waals surface area contributed by atoms with E-state index < -0.39 is 23.9 Å². The average Bonchev–Trinajstić information content (AvgIpc) is 2.97. The lowest BCUT2D eigenvalue weighted by Crippen LogP contribution is -2.11. The van der Waals surface area contributed by atoms with Crippen LogP contribution in [0.1, 0.15) is 12.0 Å². The highest BCUT2D eigenvalue weighted by molar-refractivity contribution is 5.86. The van der Waals surface area contributed by atoms with Gasteiger partial charge >= 0.3 is 23.9 Å². The summed E-state index contributed by atoms with van der Waals surface area (Å²) in [6.45, 7) is 10.0. The minimum atomic E-state index is -0.741. The van der Waals surface area contributed by atoms with Crippen molar-refractivity contribution in [2.75, 3.05) is 7.11 Å². The standard InChI is InChI=1S/C31H26O9/c1-5-28(32)37-23-13-10-21(11-14-23)22-12-16-24(26(19-22)36-4)39-31(35)17-9-20-8-15-25(38-29(33)6-2)27(18-20)40-30(34)7-3/h5-8,10-16,18-19H,1-3,9,17H2,4H3. The summed E-state index contributed by atoms with van der Waals surface area (Å²) in [5.74, 6) is -1.56. The van der Waals surface area contributed by atoms with Crippen molar-refractivity contribution in [3.63, 3.8) is 0 Å². The van der Waals surface area contributed by atoms with Crippen molar-refractivity contribution < 1.29 is 42.9 Å². The fourth-order valence-electron chi connectivity index (χ4n) is 3.40. The Balaban J connectivity index is 1.68. The van der Waals surface area contributed by atoms with Crippen LogP contribution in [-0.2, 0) is 25.6 Å². The quantitative estimate of drug-likeness (QED) is 0.174. The van der Waals surface area contributed by atoms with Gasteiger partial charge in [0.2, 0.25) is 0 Å². The minimum Gasteiger partial charge on any atom is -0.493 e. The maximum absolute atomic E-state index is 12.6. The number of benzene rings is 3. The van der Waals surface area contributed by atoms with Gasteiger partial charge in [0.25, 0.3) is 0 Å².